The molecule has 19 heavy (non-hydrogen) atoms. The van der Waals surface area contributed by atoms with E-state index >= 15 is 0 Å². The van der Waals surface area contributed by atoms with Crippen molar-refractivity contribution >= 4 is 5.69 Å². The molecule has 0 saturated heterocycles. The lowest BCUT2D eigenvalue weighted by atomic mass is 10.1. The van der Waals surface area contributed by atoms with Gasteiger partial charge in [0.05, 0.1) is 6.61 Å². The summed E-state index contributed by atoms with van der Waals surface area (Å²) in [4.78, 5) is 0. The number of para-hydroxylation sites is 1. The summed E-state index contributed by atoms with van der Waals surface area (Å²) in [5.41, 5.74) is 5.09. The SMILES string of the molecule is COCCc1ccccc1NCc1ccc(C)cc1. The summed E-state index contributed by atoms with van der Waals surface area (Å²) in [6, 6.07) is 17.0. The highest BCUT2D eigenvalue weighted by Gasteiger charge is 2.01. The van der Waals surface area contributed by atoms with Crippen molar-refractivity contribution in [1.82, 2.24) is 0 Å². The molecule has 2 rings (SSSR count). The summed E-state index contributed by atoms with van der Waals surface area (Å²) in [5.74, 6) is 0. The van der Waals surface area contributed by atoms with Gasteiger partial charge >= 0.3 is 0 Å². The number of nitrogens with one attached hydrogen (secondary N) is 1. The van der Waals surface area contributed by atoms with E-state index in [9.17, 15) is 0 Å². The minimum atomic E-state index is 0.753. The molecule has 0 atom stereocenters. The normalized spacial score (nSPS) is 10.4. The van der Waals surface area contributed by atoms with Gasteiger partial charge in [0.25, 0.3) is 0 Å². The zero-order valence-corrected chi connectivity index (χ0v) is 11.6. The average Bonchev–Trinajstić information content (AvgIpc) is 2.45. The number of benzene rings is 2. The second-order valence-corrected chi connectivity index (χ2v) is 4.74. The maximum Gasteiger partial charge on any atom is 0.0503 e. The highest BCUT2D eigenvalue weighted by atomic mass is 16.5. The Bertz CT molecular complexity index is 505. The Kier molecular flexibility index (Phi) is 4.99. The molecule has 0 aliphatic carbocycles. The number of rotatable bonds is 6. The number of aryl methyl sites for hydroxylation is 1. The third-order valence-corrected chi connectivity index (χ3v) is 3.20. The predicted molar refractivity (Wildman–Crippen MR) is 80.5 cm³/mol. The van der Waals surface area contributed by atoms with Crippen LogP contribution in [0.2, 0.25) is 0 Å². The lowest BCUT2D eigenvalue weighted by Gasteiger charge is -2.12. The Balaban J connectivity index is 2.00. The molecule has 100 valence electrons. The minimum Gasteiger partial charge on any atom is -0.384 e. The maximum absolute atomic E-state index is 5.15. The number of ether oxygens (including phenoxy) is 1. The van der Waals surface area contributed by atoms with Gasteiger partial charge in [-0.2, -0.15) is 0 Å². The van der Waals surface area contributed by atoms with Gasteiger partial charge in [-0.25, -0.2) is 0 Å². The number of hydrogen-bond donors (Lipinski definition) is 1. The van der Waals surface area contributed by atoms with E-state index < -0.39 is 0 Å². The average molecular weight is 255 g/mol. The van der Waals surface area contributed by atoms with Gasteiger partial charge < -0.3 is 10.1 Å². The highest BCUT2D eigenvalue weighted by Crippen LogP contribution is 2.17. The standard InChI is InChI=1S/C17H21NO/c1-14-7-9-15(10-8-14)13-18-17-6-4-3-5-16(17)11-12-19-2/h3-10,18H,11-13H2,1-2H3. The molecule has 0 aromatic heterocycles. The zero-order chi connectivity index (χ0) is 13.5. The third kappa shape index (κ3) is 4.11. The van der Waals surface area contributed by atoms with Gasteiger partial charge in [0.2, 0.25) is 0 Å². The van der Waals surface area contributed by atoms with Crippen LogP contribution < -0.4 is 5.32 Å². The van der Waals surface area contributed by atoms with Crippen LogP contribution in [0.5, 0.6) is 0 Å². The minimum absolute atomic E-state index is 0.753. The Labute approximate surface area is 115 Å². The molecule has 0 fully saturated rings. The fourth-order valence-corrected chi connectivity index (χ4v) is 2.03. The topological polar surface area (TPSA) is 21.3 Å². The molecular weight excluding hydrogens is 234 g/mol. The van der Waals surface area contributed by atoms with Crippen LogP contribution in [-0.4, -0.2) is 13.7 Å². The van der Waals surface area contributed by atoms with Crippen molar-refractivity contribution < 1.29 is 4.74 Å². The van der Waals surface area contributed by atoms with Crippen LogP contribution in [0.25, 0.3) is 0 Å². The Morgan fingerprint density at radius 3 is 2.47 bits per heavy atom. The lowest BCUT2D eigenvalue weighted by molar-refractivity contribution is 0.202. The second-order valence-electron chi connectivity index (χ2n) is 4.74. The number of methoxy groups -OCH3 is 1. The van der Waals surface area contributed by atoms with Crippen molar-refractivity contribution in [2.75, 3.05) is 19.0 Å². The van der Waals surface area contributed by atoms with Crippen molar-refractivity contribution in [2.45, 2.75) is 19.9 Å². The van der Waals surface area contributed by atoms with Crippen molar-refractivity contribution in [3.05, 3.63) is 65.2 Å². The van der Waals surface area contributed by atoms with E-state index in [-0.39, 0.29) is 0 Å². The molecule has 0 amide bonds. The van der Waals surface area contributed by atoms with Crippen molar-refractivity contribution in [1.29, 1.82) is 0 Å². The quantitative estimate of drug-likeness (QED) is 0.847. The number of anilines is 1. The molecule has 0 radical (unpaired) electrons. The fourth-order valence-electron chi connectivity index (χ4n) is 2.03. The molecule has 1 N–H and O–H groups in total. The van der Waals surface area contributed by atoms with Gasteiger partial charge in [-0.3, -0.25) is 0 Å². The van der Waals surface area contributed by atoms with Crippen LogP contribution in [0.3, 0.4) is 0 Å². The summed E-state index contributed by atoms with van der Waals surface area (Å²) < 4.78 is 5.15. The Hall–Kier alpha value is -1.80. The summed E-state index contributed by atoms with van der Waals surface area (Å²) in [5, 5.41) is 3.50. The van der Waals surface area contributed by atoms with E-state index in [0.29, 0.717) is 0 Å². The summed E-state index contributed by atoms with van der Waals surface area (Å²) in [6.45, 7) is 3.71. The molecule has 2 heteroatoms. The first-order chi connectivity index (χ1) is 9.29. The van der Waals surface area contributed by atoms with Crippen LogP contribution in [-0.2, 0) is 17.7 Å². The molecule has 0 aliphatic heterocycles. The summed E-state index contributed by atoms with van der Waals surface area (Å²) in [6.07, 6.45) is 0.938. The summed E-state index contributed by atoms with van der Waals surface area (Å²) >= 11 is 0. The van der Waals surface area contributed by atoms with Gasteiger partial charge in [0.1, 0.15) is 0 Å². The van der Waals surface area contributed by atoms with Crippen molar-refractivity contribution in [2.24, 2.45) is 0 Å². The zero-order valence-electron chi connectivity index (χ0n) is 11.6. The highest BCUT2D eigenvalue weighted by molar-refractivity contribution is 5.51. The third-order valence-electron chi connectivity index (χ3n) is 3.20. The smallest absolute Gasteiger partial charge is 0.0503 e. The molecule has 2 nitrogen and oxygen atoms in total. The Morgan fingerprint density at radius 2 is 1.74 bits per heavy atom. The number of hydrogen-bond acceptors (Lipinski definition) is 2. The first-order valence-corrected chi connectivity index (χ1v) is 6.66. The Morgan fingerprint density at radius 1 is 1.00 bits per heavy atom. The molecular formula is C17H21NO. The van der Waals surface area contributed by atoms with Gasteiger partial charge in [-0.05, 0) is 30.5 Å². The van der Waals surface area contributed by atoms with Crippen LogP contribution in [0.4, 0.5) is 5.69 Å². The molecule has 0 aliphatic rings. The summed E-state index contributed by atoms with van der Waals surface area (Å²) in [7, 11) is 1.74. The molecule has 0 heterocycles. The van der Waals surface area contributed by atoms with E-state index in [1.54, 1.807) is 7.11 Å². The first-order valence-electron chi connectivity index (χ1n) is 6.66. The predicted octanol–water partition coefficient (Wildman–Crippen LogP) is 3.80. The van der Waals surface area contributed by atoms with Crippen LogP contribution >= 0.6 is 0 Å². The van der Waals surface area contributed by atoms with E-state index in [2.05, 4.69) is 60.8 Å². The maximum atomic E-state index is 5.15. The van der Waals surface area contributed by atoms with E-state index in [0.717, 1.165) is 19.6 Å². The largest absolute Gasteiger partial charge is 0.384 e. The molecule has 2 aromatic rings. The monoisotopic (exact) mass is 255 g/mol. The molecule has 0 spiro atoms. The second kappa shape index (κ2) is 6.95. The first kappa shape index (κ1) is 13.6. The molecule has 0 bridgehead atoms. The van der Waals surface area contributed by atoms with E-state index in [1.165, 1.54) is 22.4 Å². The van der Waals surface area contributed by atoms with Gasteiger partial charge in [-0.15, -0.1) is 0 Å². The van der Waals surface area contributed by atoms with Crippen LogP contribution in [0.15, 0.2) is 48.5 Å². The van der Waals surface area contributed by atoms with Gasteiger partial charge in [0.15, 0.2) is 0 Å². The van der Waals surface area contributed by atoms with Crippen molar-refractivity contribution in [3.63, 3.8) is 0 Å². The van der Waals surface area contributed by atoms with E-state index in [1.807, 2.05) is 0 Å². The van der Waals surface area contributed by atoms with Crippen molar-refractivity contribution in [3.8, 4) is 0 Å². The van der Waals surface area contributed by atoms with E-state index in [4.69, 9.17) is 4.74 Å². The van der Waals surface area contributed by atoms with Gasteiger partial charge in [-0.1, -0.05) is 48.0 Å². The van der Waals surface area contributed by atoms with Gasteiger partial charge in [0, 0.05) is 19.3 Å². The molecule has 2 aromatic carbocycles. The lowest BCUT2D eigenvalue weighted by Crippen LogP contribution is -2.04. The molecule has 0 saturated carbocycles. The van der Waals surface area contributed by atoms with Crippen LogP contribution in [0.1, 0.15) is 16.7 Å². The fraction of sp³-hybridized carbons (Fsp3) is 0.294. The molecule has 0 unspecified atom stereocenters. The van der Waals surface area contributed by atoms with Crippen LogP contribution in [0, 0.1) is 6.92 Å².